The third-order valence-corrected chi connectivity index (χ3v) is 1.78. The highest BCUT2D eigenvalue weighted by atomic mass is 16.6. The highest BCUT2D eigenvalue weighted by Gasteiger charge is 2.20. The Morgan fingerprint density at radius 3 is 2.58 bits per heavy atom. The predicted octanol–water partition coefficient (Wildman–Crippen LogP) is 1.71. The highest BCUT2D eigenvalue weighted by molar-refractivity contribution is 5.96. The number of oxazole rings is 1. The summed E-state index contributed by atoms with van der Waals surface area (Å²) < 4.78 is 14.5. The molecule has 0 saturated carbocycles. The normalized spacial score (nSPS) is 11.9. The van der Waals surface area contributed by atoms with Crippen LogP contribution in [0.5, 0.6) is 0 Å². The van der Waals surface area contributed by atoms with Gasteiger partial charge >= 0.3 is 12.1 Å². The fourth-order valence-electron chi connectivity index (χ4n) is 1.11. The van der Waals surface area contributed by atoms with Crippen molar-refractivity contribution in [2.24, 2.45) is 0 Å². The van der Waals surface area contributed by atoms with Crippen LogP contribution in [0.15, 0.2) is 22.7 Å². The topological polar surface area (TPSA) is 90.7 Å². The molecule has 0 aliphatic rings. The van der Waals surface area contributed by atoms with Crippen LogP contribution in [0.2, 0.25) is 0 Å². The number of amides is 1. The molecule has 7 heteroatoms. The summed E-state index contributed by atoms with van der Waals surface area (Å²) in [5.41, 5.74) is -0.772. The molecule has 1 aromatic heterocycles. The van der Waals surface area contributed by atoms with Crippen molar-refractivity contribution in [3.8, 4) is 0 Å². The first-order valence-electron chi connectivity index (χ1n) is 5.50. The number of rotatable bonds is 3. The molecule has 19 heavy (non-hydrogen) atoms. The fourth-order valence-corrected chi connectivity index (χ4v) is 1.11. The molecule has 0 saturated heterocycles. The number of hydrogen-bond donors (Lipinski definition) is 1. The van der Waals surface area contributed by atoms with Gasteiger partial charge in [-0.3, -0.25) is 5.32 Å². The van der Waals surface area contributed by atoms with E-state index in [0.29, 0.717) is 5.76 Å². The third kappa shape index (κ3) is 5.24. The molecule has 1 amide bonds. The number of methoxy groups -OCH3 is 1. The molecule has 0 bridgehead atoms. The van der Waals surface area contributed by atoms with Gasteiger partial charge in [0.15, 0.2) is 6.39 Å². The van der Waals surface area contributed by atoms with Gasteiger partial charge in [-0.05, 0) is 20.8 Å². The first-order chi connectivity index (χ1) is 8.81. The molecule has 0 atom stereocenters. The number of esters is 1. The number of carbonyl (C=O) groups is 2. The van der Waals surface area contributed by atoms with E-state index in [2.05, 4.69) is 15.0 Å². The monoisotopic (exact) mass is 268 g/mol. The van der Waals surface area contributed by atoms with Crippen LogP contribution in [-0.2, 0) is 14.3 Å². The van der Waals surface area contributed by atoms with Crippen LogP contribution in [0.25, 0.3) is 6.08 Å². The summed E-state index contributed by atoms with van der Waals surface area (Å²) in [5.74, 6) is -0.418. The fraction of sp³-hybridized carbons (Fsp3) is 0.417. The summed E-state index contributed by atoms with van der Waals surface area (Å²) in [6.07, 6.45) is 3.13. The lowest BCUT2D eigenvalue weighted by atomic mass is 10.2. The molecule has 1 rings (SSSR count). The van der Waals surface area contributed by atoms with Crippen molar-refractivity contribution in [1.29, 1.82) is 0 Å². The average molecular weight is 268 g/mol. The minimum Gasteiger partial charge on any atom is -0.464 e. The quantitative estimate of drug-likeness (QED) is 0.663. The van der Waals surface area contributed by atoms with Gasteiger partial charge in [-0.25, -0.2) is 14.6 Å². The van der Waals surface area contributed by atoms with E-state index in [4.69, 9.17) is 9.15 Å². The number of aromatic nitrogens is 1. The summed E-state index contributed by atoms with van der Waals surface area (Å²) in [6.45, 7) is 5.14. The minimum atomic E-state index is -0.760. The van der Waals surface area contributed by atoms with Gasteiger partial charge in [0.25, 0.3) is 0 Å². The number of nitrogens with zero attached hydrogens (tertiary/aromatic N) is 1. The number of ether oxygens (including phenoxy) is 2. The van der Waals surface area contributed by atoms with Gasteiger partial charge in [-0.1, -0.05) is 0 Å². The van der Waals surface area contributed by atoms with E-state index >= 15 is 0 Å². The van der Waals surface area contributed by atoms with Crippen LogP contribution in [0.3, 0.4) is 0 Å². The van der Waals surface area contributed by atoms with Gasteiger partial charge in [0.2, 0.25) is 0 Å². The molecular weight excluding hydrogens is 252 g/mol. The maximum atomic E-state index is 11.6. The van der Waals surface area contributed by atoms with Crippen molar-refractivity contribution in [2.45, 2.75) is 26.4 Å². The lowest BCUT2D eigenvalue weighted by Gasteiger charge is -2.19. The number of hydrogen-bond acceptors (Lipinski definition) is 6. The highest BCUT2D eigenvalue weighted by Crippen LogP contribution is 2.09. The number of carbonyl (C=O) groups excluding carboxylic acids is 2. The number of alkyl carbamates (subject to hydrolysis) is 1. The van der Waals surface area contributed by atoms with E-state index in [1.54, 1.807) is 20.8 Å². The van der Waals surface area contributed by atoms with Crippen molar-refractivity contribution in [2.75, 3.05) is 7.11 Å². The molecule has 0 aromatic carbocycles. The first-order valence-corrected chi connectivity index (χ1v) is 5.50. The molecule has 1 N–H and O–H groups in total. The Balaban J connectivity index is 2.82. The average Bonchev–Trinajstić information content (AvgIpc) is 2.77. The molecule has 0 radical (unpaired) electrons. The smallest absolute Gasteiger partial charge is 0.412 e. The molecule has 1 aromatic rings. The van der Waals surface area contributed by atoms with Crippen LogP contribution >= 0.6 is 0 Å². The van der Waals surface area contributed by atoms with Crippen molar-refractivity contribution in [3.63, 3.8) is 0 Å². The summed E-state index contributed by atoms with van der Waals surface area (Å²) >= 11 is 0. The summed E-state index contributed by atoms with van der Waals surface area (Å²) in [5, 5.41) is 2.30. The van der Waals surface area contributed by atoms with Crippen LogP contribution in [0.1, 0.15) is 26.5 Å². The summed E-state index contributed by atoms with van der Waals surface area (Å²) in [6, 6.07) is 0. The second kappa shape index (κ2) is 6.03. The molecule has 1 heterocycles. The first kappa shape index (κ1) is 14.7. The molecule has 0 fully saturated rings. The maximum Gasteiger partial charge on any atom is 0.412 e. The molecule has 0 spiro atoms. The Hall–Kier alpha value is -2.31. The molecular formula is C12H16N2O5. The van der Waals surface area contributed by atoms with Gasteiger partial charge in [0.1, 0.15) is 17.1 Å². The summed E-state index contributed by atoms with van der Waals surface area (Å²) in [7, 11) is 1.20. The van der Waals surface area contributed by atoms with Crippen molar-refractivity contribution in [3.05, 3.63) is 24.0 Å². The largest absolute Gasteiger partial charge is 0.464 e. The second-order valence-corrected chi connectivity index (χ2v) is 4.58. The second-order valence-electron chi connectivity index (χ2n) is 4.58. The van der Waals surface area contributed by atoms with E-state index in [0.717, 1.165) is 0 Å². The zero-order valence-corrected chi connectivity index (χ0v) is 11.2. The van der Waals surface area contributed by atoms with E-state index < -0.39 is 17.7 Å². The van der Waals surface area contributed by atoms with E-state index in [1.165, 1.54) is 25.8 Å². The Labute approximate surface area is 110 Å². The van der Waals surface area contributed by atoms with Gasteiger partial charge in [-0.15, -0.1) is 0 Å². The Kier molecular flexibility index (Phi) is 4.68. The van der Waals surface area contributed by atoms with Gasteiger partial charge in [-0.2, -0.15) is 0 Å². The minimum absolute atomic E-state index is 0.103. The van der Waals surface area contributed by atoms with Crippen molar-refractivity contribution >= 4 is 18.1 Å². The van der Waals surface area contributed by atoms with E-state index in [1.807, 2.05) is 0 Å². The van der Waals surface area contributed by atoms with Gasteiger partial charge < -0.3 is 13.9 Å². The van der Waals surface area contributed by atoms with Crippen molar-refractivity contribution < 1.29 is 23.5 Å². The van der Waals surface area contributed by atoms with E-state index in [9.17, 15) is 9.59 Å². The molecule has 0 aliphatic heterocycles. The van der Waals surface area contributed by atoms with Crippen LogP contribution in [0.4, 0.5) is 4.79 Å². The van der Waals surface area contributed by atoms with Gasteiger partial charge in [0.05, 0.1) is 13.3 Å². The third-order valence-electron chi connectivity index (χ3n) is 1.78. The Bertz CT molecular complexity index is 471. The standard InChI is InChI=1S/C12H16N2O5/c1-12(2,3)19-11(16)14-9(10(15)17-4)5-8-6-13-7-18-8/h5-7H,1-4H3,(H,14,16)/b9-5+. The SMILES string of the molecule is COC(=O)/C(=C\c1cnco1)NC(=O)OC(C)(C)C. The lowest BCUT2D eigenvalue weighted by molar-refractivity contribution is -0.136. The predicted molar refractivity (Wildman–Crippen MR) is 65.9 cm³/mol. The number of nitrogens with one attached hydrogen (secondary N) is 1. The zero-order valence-electron chi connectivity index (χ0n) is 11.2. The van der Waals surface area contributed by atoms with Crippen LogP contribution < -0.4 is 5.32 Å². The molecule has 7 nitrogen and oxygen atoms in total. The lowest BCUT2D eigenvalue weighted by Crippen LogP contribution is -2.34. The van der Waals surface area contributed by atoms with E-state index in [-0.39, 0.29) is 5.70 Å². The zero-order chi connectivity index (χ0) is 14.5. The van der Waals surface area contributed by atoms with Crippen molar-refractivity contribution in [1.82, 2.24) is 10.3 Å². The molecule has 104 valence electrons. The van der Waals surface area contributed by atoms with Gasteiger partial charge in [0, 0.05) is 6.08 Å². The Morgan fingerprint density at radius 2 is 2.11 bits per heavy atom. The maximum absolute atomic E-state index is 11.6. The Morgan fingerprint density at radius 1 is 1.42 bits per heavy atom. The van der Waals surface area contributed by atoms with Crippen LogP contribution in [0, 0.1) is 0 Å². The van der Waals surface area contributed by atoms with Crippen LogP contribution in [-0.4, -0.2) is 29.8 Å². The summed E-state index contributed by atoms with van der Waals surface area (Å²) in [4.78, 5) is 26.8. The molecule has 0 aliphatic carbocycles. The molecule has 0 unspecified atom stereocenters.